The van der Waals surface area contributed by atoms with E-state index in [1.807, 2.05) is 18.2 Å². The monoisotopic (exact) mass is 349 g/mol. The zero-order valence-corrected chi connectivity index (χ0v) is 15.3. The zero-order valence-electron chi connectivity index (χ0n) is 15.3. The smallest absolute Gasteiger partial charge is 0.249 e. The van der Waals surface area contributed by atoms with Crippen molar-refractivity contribution in [2.75, 3.05) is 24.3 Å². The molecule has 0 saturated carbocycles. The molecule has 0 radical (unpaired) electrons. The average molecular weight is 349 g/mol. The number of ether oxygens (including phenoxy) is 1. The second-order valence-corrected chi connectivity index (χ2v) is 6.11. The van der Waals surface area contributed by atoms with Crippen molar-refractivity contribution in [1.29, 1.82) is 0 Å². The molecular weight excluding hydrogens is 326 g/mol. The lowest BCUT2D eigenvalue weighted by atomic mass is 10.1. The third kappa shape index (κ3) is 4.69. The predicted octanol–water partition coefficient (Wildman–Crippen LogP) is 3.90. The van der Waals surface area contributed by atoms with Crippen LogP contribution in [-0.2, 0) is 6.42 Å². The van der Waals surface area contributed by atoms with E-state index in [-0.39, 0.29) is 0 Å². The van der Waals surface area contributed by atoms with Gasteiger partial charge in [-0.1, -0.05) is 18.2 Å². The molecule has 0 atom stereocenters. The van der Waals surface area contributed by atoms with Crippen molar-refractivity contribution in [3.63, 3.8) is 0 Å². The number of hydrogen-bond donors (Lipinski definition) is 2. The van der Waals surface area contributed by atoms with E-state index in [1.54, 1.807) is 13.3 Å². The summed E-state index contributed by atoms with van der Waals surface area (Å²) >= 11 is 0. The number of rotatable bonds is 7. The van der Waals surface area contributed by atoms with Crippen LogP contribution in [0.2, 0.25) is 0 Å². The largest absolute Gasteiger partial charge is 0.497 e. The summed E-state index contributed by atoms with van der Waals surface area (Å²) in [5.41, 5.74) is 4.65. The Hall–Kier alpha value is -3.15. The first kappa shape index (κ1) is 17.7. The Kier molecular flexibility index (Phi) is 5.63. The number of aryl methyl sites for hydroxylation is 2. The van der Waals surface area contributed by atoms with E-state index < -0.39 is 0 Å². The lowest BCUT2D eigenvalue weighted by Crippen LogP contribution is -2.08. The van der Waals surface area contributed by atoms with Gasteiger partial charge in [0.15, 0.2) is 5.82 Å². The van der Waals surface area contributed by atoms with Gasteiger partial charge in [0.25, 0.3) is 0 Å². The number of hydrogen-bond acceptors (Lipinski definition) is 6. The quantitative estimate of drug-likeness (QED) is 0.674. The summed E-state index contributed by atoms with van der Waals surface area (Å²) in [6.07, 6.45) is 2.51. The molecule has 0 aliphatic carbocycles. The van der Waals surface area contributed by atoms with Crippen LogP contribution >= 0.6 is 0 Å². The van der Waals surface area contributed by atoms with Crippen LogP contribution in [0.1, 0.15) is 16.7 Å². The summed E-state index contributed by atoms with van der Waals surface area (Å²) in [5, 5.41) is 14.5. The standard InChI is InChI=1S/C20H23N5O/c1-14-4-7-17(12-15(14)2)23-20-24-19(13-22-25-20)21-11-10-16-5-8-18(26-3)9-6-16/h4-9,12-13H,10-11H2,1-3H3,(H2,21,23,24,25). The third-order valence-electron chi connectivity index (χ3n) is 4.20. The Balaban J connectivity index is 1.57. The van der Waals surface area contributed by atoms with E-state index in [2.05, 4.69) is 63.9 Å². The molecule has 0 spiro atoms. The van der Waals surface area contributed by atoms with E-state index >= 15 is 0 Å². The number of aromatic nitrogens is 3. The molecule has 1 aromatic heterocycles. The molecule has 2 aromatic carbocycles. The first-order chi connectivity index (χ1) is 12.6. The van der Waals surface area contributed by atoms with Gasteiger partial charge in [0.1, 0.15) is 5.75 Å². The highest BCUT2D eigenvalue weighted by molar-refractivity contribution is 5.56. The zero-order chi connectivity index (χ0) is 18.4. The SMILES string of the molecule is COc1ccc(CCNc2cnnc(Nc3ccc(C)c(C)c3)n2)cc1. The maximum atomic E-state index is 5.17. The van der Waals surface area contributed by atoms with Gasteiger partial charge in [0.05, 0.1) is 13.3 Å². The highest BCUT2D eigenvalue weighted by Crippen LogP contribution is 2.17. The fourth-order valence-electron chi connectivity index (χ4n) is 2.52. The van der Waals surface area contributed by atoms with Crippen molar-refractivity contribution in [3.8, 4) is 5.75 Å². The first-order valence-corrected chi connectivity index (χ1v) is 8.55. The van der Waals surface area contributed by atoms with Crippen LogP contribution < -0.4 is 15.4 Å². The molecule has 0 fully saturated rings. The van der Waals surface area contributed by atoms with Gasteiger partial charge in [-0.25, -0.2) is 0 Å². The maximum absolute atomic E-state index is 5.17. The molecule has 2 N–H and O–H groups in total. The Morgan fingerprint density at radius 1 is 1.00 bits per heavy atom. The molecule has 0 aliphatic rings. The van der Waals surface area contributed by atoms with Crippen LogP contribution in [0.3, 0.4) is 0 Å². The van der Waals surface area contributed by atoms with E-state index in [0.29, 0.717) is 11.8 Å². The Morgan fingerprint density at radius 3 is 2.54 bits per heavy atom. The van der Waals surface area contributed by atoms with Crippen LogP contribution in [0, 0.1) is 13.8 Å². The summed E-state index contributed by atoms with van der Waals surface area (Å²) in [5.74, 6) is 2.03. The number of methoxy groups -OCH3 is 1. The fraction of sp³-hybridized carbons (Fsp3) is 0.250. The van der Waals surface area contributed by atoms with Gasteiger partial charge < -0.3 is 15.4 Å². The molecule has 0 bridgehead atoms. The molecule has 3 aromatic rings. The molecule has 134 valence electrons. The van der Waals surface area contributed by atoms with E-state index in [1.165, 1.54) is 16.7 Å². The molecular formula is C20H23N5O. The predicted molar refractivity (Wildman–Crippen MR) is 104 cm³/mol. The molecule has 3 rings (SSSR count). The average Bonchev–Trinajstić information content (AvgIpc) is 2.66. The van der Waals surface area contributed by atoms with Crippen LogP contribution in [0.4, 0.5) is 17.5 Å². The highest BCUT2D eigenvalue weighted by Gasteiger charge is 2.03. The van der Waals surface area contributed by atoms with Crippen LogP contribution in [0.25, 0.3) is 0 Å². The van der Waals surface area contributed by atoms with Crippen molar-refractivity contribution in [3.05, 3.63) is 65.4 Å². The number of benzene rings is 2. The maximum Gasteiger partial charge on any atom is 0.249 e. The number of nitrogens with one attached hydrogen (secondary N) is 2. The lowest BCUT2D eigenvalue weighted by Gasteiger charge is -2.09. The third-order valence-corrected chi connectivity index (χ3v) is 4.20. The normalized spacial score (nSPS) is 10.4. The minimum Gasteiger partial charge on any atom is -0.497 e. The minimum absolute atomic E-state index is 0.475. The second-order valence-electron chi connectivity index (χ2n) is 6.11. The van der Waals surface area contributed by atoms with E-state index in [4.69, 9.17) is 4.74 Å². The lowest BCUT2D eigenvalue weighted by molar-refractivity contribution is 0.414. The molecule has 0 unspecified atom stereocenters. The van der Waals surface area contributed by atoms with Crippen molar-refractivity contribution in [2.45, 2.75) is 20.3 Å². The molecule has 26 heavy (non-hydrogen) atoms. The van der Waals surface area contributed by atoms with Crippen LogP contribution in [0.15, 0.2) is 48.7 Å². The molecule has 1 heterocycles. The van der Waals surface area contributed by atoms with Gasteiger partial charge in [0.2, 0.25) is 5.95 Å². The highest BCUT2D eigenvalue weighted by atomic mass is 16.5. The van der Waals surface area contributed by atoms with Gasteiger partial charge in [-0.05, 0) is 61.2 Å². The van der Waals surface area contributed by atoms with Crippen molar-refractivity contribution in [2.24, 2.45) is 0 Å². The topological polar surface area (TPSA) is 72.0 Å². The molecule has 6 heteroatoms. The van der Waals surface area contributed by atoms with Crippen molar-refractivity contribution < 1.29 is 4.74 Å². The van der Waals surface area contributed by atoms with Crippen molar-refractivity contribution in [1.82, 2.24) is 15.2 Å². The summed E-state index contributed by atoms with van der Waals surface area (Å²) in [6.45, 7) is 4.93. The summed E-state index contributed by atoms with van der Waals surface area (Å²) in [6, 6.07) is 14.2. The summed E-state index contributed by atoms with van der Waals surface area (Å²) in [7, 11) is 1.67. The molecule has 0 aliphatic heterocycles. The Bertz CT molecular complexity index is 864. The summed E-state index contributed by atoms with van der Waals surface area (Å²) < 4.78 is 5.17. The molecule has 0 saturated heterocycles. The number of nitrogens with zero attached hydrogens (tertiary/aromatic N) is 3. The van der Waals surface area contributed by atoms with E-state index in [0.717, 1.165) is 24.4 Å². The second kappa shape index (κ2) is 8.29. The van der Waals surface area contributed by atoms with Crippen LogP contribution in [-0.4, -0.2) is 28.8 Å². The molecule has 0 amide bonds. The first-order valence-electron chi connectivity index (χ1n) is 8.55. The van der Waals surface area contributed by atoms with Crippen LogP contribution in [0.5, 0.6) is 5.75 Å². The van der Waals surface area contributed by atoms with Gasteiger partial charge in [-0.15, -0.1) is 5.10 Å². The van der Waals surface area contributed by atoms with Gasteiger partial charge in [-0.3, -0.25) is 0 Å². The minimum atomic E-state index is 0.475. The van der Waals surface area contributed by atoms with Gasteiger partial charge >= 0.3 is 0 Å². The number of anilines is 3. The van der Waals surface area contributed by atoms with Gasteiger partial charge in [-0.2, -0.15) is 10.1 Å². The Morgan fingerprint density at radius 2 is 1.81 bits per heavy atom. The Labute approximate surface area is 153 Å². The van der Waals surface area contributed by atoms with Gasteiger partial charge in [0, 0.05) is 12.2 Å². The van der Waals surface area contributed by atoms with E-state index in [9.17, 15) is 0 Å². The van der Waals surface area contributed by atoms with Crippen molar-refractivity contribution >= 4 is 17.5 Å². The molecule has 6 nitrogen and oxygen atoms in total. The fourth-order valence-corrected chi connectivity index (χ4v) is 2.52. The summed E-state index contributed by atoms with van der Waals surface area (Å²) in [4.78, 5) is 4.46.